The lowest BCUT2D eigenvalue weighted by Gasteiger charge is -2.14. The van der Waals surface area contributed by atoms with Gasteiger partial charge in [0.05, 0.1) is 38.6 Å². The van der Waals surface area contributed by atoms with E-state index in [1.54, 1.807) is 12.1 Å². The van der Waals surface area contributed by atoms with E-state index in [4.69, 9.17) is 39.9 Å². The summed E-state index contributed by atoms with van der Waals surface area (Å²) in [5.74, 6) is -0.670. The van der Waals surface area contributed by atoms with Crippen molar-refractivity contribution in [3.8, 4) is 6.07 Å². The molecule has 0 aromatic heterocycles. The standard InChI is InChI=1S/C14H10Cl2N4O/c15-10-3-7(6-17)1-2-12(10)20-13-9(14(19)21)4-8(18)5-11(13)16/h1-5,20H,18H2,(H2,19,21). The fourth-order valence-corrected chi connectivity index (χ4v) is 2.27. The molecule has 0 bridgehead atoms. The highest BCUT2D eigenvalue weighted by Crippen LogP contribution is 2.34. The number of amides is 1. The van der Waals surface area contributed by atoms with Crippen LogP contribution in [-0.2, 0) is 0 Å². The molecule has 2 aromatic rings. The fourth-order valence-electron chi connectivity index (χ4n) is 1.77. The first kappa shape index (κ1) is 15.0. The van der Waals surface area contributed by atoms with Crippen molar-refractivity contribution in [2.45, 2.75) is 0 Å². The van der Waals surface area contributed by atoms with Crippen LogP contribution in [0.3, 0.4) is 0 Å². The second kappa shape index (κ2) is 5.92. The summed E-state index contributed by atoms with van der Waals surface area (Å²) in [6.45, 7) is 0. The quantitative estimate of drug-likeness (QED) is 0.754. The Labute approximate surface area is 131 Å². The molecule has 7 heteroatoms. The van der Waals surface area contributed by atoms with Crippen LogP contribution in [-0.4, -0.2) is 5.91 Å². The Bertz CT molecular complexity index is 768. The molecule has 0 spiro atoms. The first-order chi connectivity index (χ1) is 9.92. The Balaban J connectivity index is 2.49. The van der Waals surface area contributed by atoms with E-state index >= 15 is 0 Å². The van der Waals surface area contributed by atoms with Crippen molar-refractivity contribution in [1.29, 1.82) is 5.26 Å². The van der Waals surface area contributed by atoms with Crippen molar-refractivity contribution < 1.29 is 4.79 Å². The highest BCUT2D eigenvalue weighted by molar-refractivity contribution is 6.35. The third-order valence-electron chi connectivity index (χ3n) is 2.74. The van der Waals surface area contributed by atoms with Gasteiger partial charge in [0.2, 0.25) is 0 Å². The average molecular weight is 321 g/mol. The molecular weight excluding hydrogens is 311 g/mol. The molecule has 2 rings (SSSR count). The minimum absolute atomic E-state index is 0.153. The molecule has 0 aliphatic carbocycles. The maximum atomic E-state index is 11.5. The SMILES string of the molecule is N#Cc1ccc(Nc2c(Cl)cc(N)cc2C(N)=O)c(Cl)c1. The van der Waals surface area contributed by atoms with Crippen LogP contribution in [0.4, 0.5) is 17.1 Å². The third kappa shape index (κ3) is 3.19. The molecular formula is C14H10Cl2N4O. The smallest absolute Gasteiger partial charge is 0.250 e. The van der Waals surface area contributed by atoms with Crippen LogP contribution in [0.25, 0.3) is 0 Å². The van der Waals surface area contributed by atoms with Crippen molar-refractivity contribution in [2.75, 3.05) is 11.1 Å². The topological polar surface area (TPSA) is 105 Å². The van der Waals surface area contributed by atoms with Gasteiger partial charge in [-0.05, 0) is 30.3 Å². The minimum atomic E-state index is -0.670. The van der Waals surface area contributed by atoms with Crippen LogP contribution in [0.2, 0.25) is 10.0 Å². The van der Waals surface area contributed by atoms with Gasteiger partial charge in [0.15, 0.2) is 0 Å². The van der Waals surface area contributed by atoms with Gasteiger partial charge in [-0.3, -0.25) is 4.79 Å². The van der Waals surface area contributed by atoms with Crippen LogP contribution >= 0.6 is 23.2 Å². The number of carbonyl (C=O) groups is 1. The second-order valence-electron chi connectivity index (χ2n) is 4.22. The lowest BCUT2D eigenvalue weighted by Crippen LogP contribution is -2.14. The number of halogens is 2. The van der Waals surface area contributed by atoms with Gasteiger partial charge in [0.25, 0.3) is 5.91 Å². The lowest BCUT2D eigenvalue weighted by atomic mass is 10.1. The van der Waals surface area contributed by atoms with Crippen LogP contribution < -0.4 is 16.8 Å². The summed E-state index contributed by atoms with van der Waals surface area (Å²) in [4.78, 5) is 11.5. The summed E-state index contributed by atoms with van der Waals surface area (Å²) in [5.41, 5.74) is 12.7. The van der Waals surface area contributed by atoms with E-state index in [9.17, 15) is 4.79 Å². The number of hydrogen-bond donors (Lipinski definition) is 3. The molecule has 106 valence electrons. The van der Waals surface area contributed by atoms with Crippen LogP contribution in [0.1, 0.15) is 15.9 Å². The van der Waals surface area contributed by atoms with Crippen molar-refractivity contribution in [2.24, 2.45) is 5.73 Å². The number of nitrogens with one attached hydrogen (secondary N) is 1. The largest absolute Gasteiger partial charge is 0.399 e. The van der Waals surface area contributed by atoms with E-state index in [1.807, 2.05) is 6.07 Å². The monoisotopic (exact) mass is 320 g/mol. The van der Waals surface area contributed by atoms with E-state index in [0.29, 0.717) is 27.6 Å². The first-order valence-electron chi connectivity index (χ1n) is 5.78. The van der Waals surface area contributed by atoms with Crippen LogP contribution in [0.15, 0.2) is 30.3 Å². The van der Waals surface area contributed by atoms with Gasteiger partial charge in [-0.1, -0.05) is 23.2 Å². The Morgan fingerprint density at radius 2 is 1.90 bits per heavy atom. The number of hydrogen-bond acceptors (Lipinski definition) is 4. The average Bonchev–Trinajstić information content (AvgIpc) is 2.42. The Kier molecular flexibility index (Phi) is 4.22. The summed E-state index contributed by atoms with van der Waals surface area (Å²) in [7, 11) is 0. The number of nitriles is 1. The minimum Gasteiger partial charge on any atom is -0.399 e. The van der Waals surface area contributed by atoms with Gasteiger partial charge >= 0.3 is 0 Å². The molecule has 0 aliphatic rings. The number of primary amides is 1. The summed E-state index contributed by atoms with van der Waals surface area (Å²) in [6, 6.07) is 9.59. The second-order valence-corrected chi connectivity index (χ2v) is 5.04. The van der Waals surface area contributed by atoms with Crippen molar-refractivity contribution >= 4 is 46.2 Å². The van der Waals surface area contributed by atoms with E-state index < -0.39 is 5.91 Å². The molecule has 0 fully saturated rings. The molecule has 0 atom stereocenters. The molecule has 0 unspecified atom stereocenters. The summed E-state index contributed by atoms with van der Waals surface area (Å²) < 4.78 is 0. The highest BCUT2D eigenvalue weighted by atomic mass is 35.5. The molecule has 2 aromatic carbocycles. The van der Waals surface area contributed by atoms with Crippen LogP contribution in [0.5, 0.6) is 0 Å². The van der Waals surface area contributed by atoms with Gasteiger partial charge in [-0.2, -0.15) is 5.26 Å². The van der Waals surface area contributed by atoms with Crippen molar-refractivity contribution in [1.82, 2.24) is 0 Å². The van der Waals surface area contributed by atoms with E-state index in [-0.39, 0.29) is 10.6 Å². The number of anilines is 3. The van der Waals surface area contributed by atoms with E-state index in [0.717, 1.165) is 0 Å². The van der Waals surface area contributed by atoms with Crippen LogP contribution in [0, 0.1) is 11.3 Å². The number of rotatable bonds is 3. The Morgan fingerprint density at radius 3 is 2.48 bits per heavy atom. The molecule has 21 heavy (non-hydrogen) atoms. The fraction of sp³-hybridized carbons (Fsp3) is 0. The van der Waals surface area contributed by atoms with E-state index in [1.165, 1.54) is 18.2 Å². The van der Waals surface area contributed by atoms with Crippen molar-refractivity contribution in [3.05, 3.63) is 51.5 Å². The molecule has 0 aliphatic heterocycles. The maximum absolute atomic E-state index is 11.5. The summed E-state index contributed by atoms with van der Waals surface area (Å²) in [6.07, 6.45) is 0. The Hall–Kier alpha value is -2.42. The zero-order valence-electron chi connectivity index (χ0n) is 10.7. The number of nitrogens with two attached hydrogens (primary N) is 2. The molecule has 5 N–H and O–H groups in total. The van der Waals surface area contributed by atoms with Gasteiger partial charge in [-0.15, -0.1) is 0 Å². The molecule has 1 amide bonds. The molecule has 0 saturated heterocycles. The zero-order valence-corrected chi connectivity index (χ0v) is 12.2. The van der Waals surface area contributed by atoms with Gasteiger partial charge in [-0.25, -0.2) is 0 Å². The van der Waals surface area contributed by atoms with E-state index in [2.05, 4.69) is 5.32 Å². The Morgan fingerprint density at radius 1 is 1.19 bits per heavy atom. The molecule has 0 saturated carbocycles. The zero-order chi connectivity index (χ0) is 15.6. The summed E-state index contributed by atoms with van der Waals surface area (Å²) >= 11 is 12.2. The van der Waals surface area contributed by atoms with Gasteiger partial charge in [0.1, 0.15) is 0 Å². The number of carbonyl (C=O) groups excluding carboxylic acids is 1. The van der Waals surface area contributed by atoms with Gasteiger partial charge < -0.3 is 16.8 Å². The highest BCUT2D eigenvalue weighted by Gasteiger charge is 2.15. The number of nitrogen functional groups attached to an aromatic ring is 1. The third-order valence-corrected chi connectivity index (χ3v) is 3.35. The normalized spacial score (nSPS) is 9.95. The summed E-state index contributed by atoms with van der Waals surface area (Å²) in [5, 5.41) is 12.3. The predicted molar refractivity (Wildman–Crippen MR) is 83.8 cm³/mol. The lowest BCUT2D eigenvalue weighted by molar-refractivity contribution is 0.100. The first-order valence-corrected chi connectivity index (χ1v) is 6.53. The molecule has 0 heterocycles. The molecule has 5 nitrogen and oxygen atoms in total. The van der Waals surface area contributed by atoms with Crippen molar-refractivity contribution in [3.63, 3.8) is 0 Å². The maximum Gasteiger partial charge on any atom is 0.250 e. The molecule has 0 radical (unpaired) electrons. The number of nitrogens with zero attached hydrogens (tertiary/aromatic N) is 1. The number of benzene rings is 2. The predicted octanol–water partition coefficient (Wildman–Crippen LogP) is 3.29. The van der Waals surface area contributed by atoms with Gasteiger partial charge in [0, 0.05) is 5.69 Å².